The Balaban J connectivity index is 0.00000118. The first-order valence-electron chi connectivity index (χ1n) is 9.46. The number of amides is 1. The molecule has 4 nitrogen and oxygen atoms in total. The third-order valence-corrected chi connectivity index (χ3v) is 4.59. The van der Waals surface area contributed by atoms with Crippen molar-refractivity contribution in [2.24, 2.45) is 0 Å². The number of carbonyl (C=O) groups excluding carboxylic acids is 1. The number of rotatable bonds is 4. The van der Waals surface area contributed by atoms with Gasteiger partial charge in [-0.3, -0.25) is 9.48 Å². The van der Waals surface area contributed by atoms with Crippen molar-refractivity contribution in [1.29, 1.82) is 0 Å². The number of halogens is 1. The van der Waals surface area contributed by atoms with E-state index >= 15 is 0 Å². The van der Waals surface area contributed by atoms with Gasteiger partial charge in [-0.25, -0.2) is 4.39 Å². The van der Waals surface area contributed by atoms with Gasteiger partial charge in [-0.05, 0) is 31.7 Å². The molecule has 0 aliphatic carbocycles. The van der Waals surface area contributed by atoms with Crippen molar-refractivity contribution < 1.29 is 26.5 Å². The normalized spacial score (nSPS) is 16.0. The van der Waals surface area contributed by atoms with Crippen molar-refractivity contribution in [3.05, 3.63) is 53.1 Å². The van der Waals surface area contributed by atoms with Crippen LogP contribution >= 0.6 is 0 Å². The number of nitrogens with zero attached hydrogens (tertiary/aromatic N) is 3. The fraction of sp³-hybridized carbons (Fsp3) is 0.524. The summed E-state index contributed by atoms with van der Waals surface area (Å²) in [6, 6.07) is 9.45. The zero-order valence-corrected chi connectivity index (χ0v) is 18.1. The Bertz CT molecular complexity index is 745. The number of benzene rings is 1. The molecule has 1 aliphatic rings. The van der Waals surface area contributed by atoms with Crippen LogP contribution in [0, 0.1) is 18.8 Å². The third kappa shape index (κ3) is 5.67. The summed E-state index contributed by atoms with van der Waals surface area (Å²) in [6.45, 7) is 11.1. The average molecular weight is 410 g/mol. The molecule has 1 aliphatic heterocycles. The van der Waals surface area contributed by atoms with Crippen LogP contribution in [0.2, 0.25) is 0 Å². The summed E-state index contributed by atoms with van der Waals surface area (Å²) in [4.78, 5) is 14.6. The van der Waals surface area contributed by atoms with E-state index in [-0.39, 0.29) is 41.7 Å². The SMILES string of the molecule is CC.Cc1cc(C(C)C)nn1CC(=O)N1CCC[C@H]1c1[c-]ccc(F)c1.[Cr]. The Morgan fingerprint density at radius 3 is 2.67 bits per heavy atom. The molecule has 1 fully saturated rings. The molecule has 0 spiro atoms. The van der Waals surface area contributed by atoms with Gasteiger partial charge in [0.2, 0.25) is 5.91 Å². The molecule has 0 radical (unpaired) electrons. The third-order valence-electron chi connectivity index (χ3n) is 4.59. The molecule has 3 rings (SSSR count). The summed E-state index contributed by atoms with van der Waals surface area (Å²) in [5.74, 6) is 0.0747. The second-order valence-electron chi connectivity index (χ2n) is 6.73. The van der Waals surface area contributed by atoms with Crippen molar-refractivity contribution >= 4 is 5.91 Å². The zero-order valence-electron chi connectivity index (χ0n) is 16.8. The second kappa shape index (κ2) is 10.6. The van der Waals surface area contributed by atoms with Crippen molar-refractivity contribution in [3.8, 4) is 0 Å². The Kier molecular flexibility index (Phi) is 9.22. The maximum Gasteiger partial charge on any atom is 0.244 e. The van der Waals surface area contributed by atoms with Gasteiger partial charge in [0, 0.05) is 41.5 Å². The van der Waals surface area contributed by atoms with Crippen LogP contribution in [-0.4, -0.2) is 27.1 Å². The van der Waals surface area contributed by atoms with Gasteiger partial charge in [0.05, 0.1) is 5.69 Å². The first-order valence-corrected chi connectivity index (χ1v) is 9.46. The monoisotopic (exact) mass is 410 g/mol. The molecule has 148 valence electrons. The van der Waals surface area contributed by atoms with E-state index in [4.69, 9.17) is 0 Å². The molecule has 0 N–H and O–H groups in total. The summed E-state index contributed by atoms with van der Waals surface area (Å²) in [6.07, 6.45) is 1.77. The first-order chi connectivity index (χ1) is 12.5. The summed E-state index contributed by atoms with van der Waals surface area (Å²) in [7, 11) is 0. The molecule has 2 aromatic rings. The van der Waals surface area contributed by atoms with Crippen LogP contribution in [0.1, 0.15) is 69.4 Å². The molecule has 1 amide bonds. The van der Waals surface area contributed by atoms with Crippen LogP contribution in [0.25, 0.3) is 0 Å². The minimum atomic E-state index is -0.285. The Labute approximate surface area is 172 Å². The summed E-state index contributed by atoms with van der Waals surface area (Å²) in [5.41, 5.74) is 2.73. The minimum Gasteiger partial charge on any atom is -0.336 e. The van der Waals surface area contributed by atoms with Gasteiger partial charge in [0.25, 0.3) is 0 Å². The molecule has 0 saturated carbocycles. The molecule has 0 unspecified atom stereocenters. The molecule has 0 bridgehead atoms. The maximum atomic E-state index is 13.5. The van der Waals surface area contributed by atoms with Crippen LogP contribution < -0.4 is 0 Å². The molecular formula is C21H29CrFN3O-. The molecule has 1 aromatic carbocycles. The average Bonchev–Trinajstić information content (AvgIpc) is 3.24. The summed E-state index contributed by atoms with van der Waals surface area (Å²) in [5, 5.41) is 4.53. The predicted molar refractivity (Wildman–Crippen MR) is 101 cm³/mol. The molecule has 1 atom stereocenters. The quantitative estimate of drug-likeness (QED) is 0.689. The Morgan fingerprint density at radius 1 is 1.37 bits per heavy atom. The van der Waals surface area contributed by atoms with Gasteiger partial charge in [-0.15, -0.1) is 17.7 Å². The first kappa shape index (κ1) is 23.4. The molecular weight excluding hydrogens is 381 g/mol. The number of aryl methyl sites for hydroxylation is 1. The van der Waals surface area contributed by atoms with E-state index in [0.717, 1.165) is 29.8 Å². The smallest absolute Gasteiger partial charge is 0.244 e. The van der Waals surface area contributed by atoms with E-state index < -0.39 is 0 Å². The van der Waals surface area contributed by atoms with Gasteiger partial charge in [-0.1, -0.05) is 27.7 Å². The van der Waals surface area contributed by atoms with Gasteiger partial charge in [0.1, 0.15) is 6.54 Å². The van der Waals surface area contributed by atoms with Crippen LogP contribution in [0.3, 0.4) is 0 Å². The van der Waals surface area contributed by atoms with Gasteiger partial charge in [-0.2, -0.15) is 17.2 Å². The fourth-order valence-electron chi connectivity index (χ4n) is 3.23. The van der Waals surface area contributed by atoms with E-state index in [2.05, 4.69) is 25.0 Å². The molecule has 27 heavy (non-hydrogen) atoms. The zero-order chi connectivity index (χ0) is 19.3. The number of aromatic nitrogens is 2. The minimum absolute atomic E-state index is 0. The number of hydrogen-bond acceptors (Lipinski definition) is 2. The van der Waals surface area contributed by atoms with Crippen LogP contribution in [0.4, 0.5) is 4.39 Å². The van der Waals surface area contributed by atoms with E-state index in [1.165, 1.54) is 12.1 Å². The van der Waals surface area contributed by atoms with Crippen molar-refractivity contribution in [1.82, 2.24) is 14.7 Å². The Morgan fingerprint density at radius 2 is 2.07 bits per heavy atom. The van der Waals surface area contributed by atoms with E-state index in [1.54, 1.807) is 10.7 Å². The van der Waals surface area contributed by atoms with Crippen LogP contribution in [-0.2, 0) is 28.7 Å². The van der Waals surface area contributed by atoms with E-state index in [1.807, 2.05) is 31.7 Å². The topological polar surface area (TPSA) is 38.1 Å². The fourth-order valence-corrected chi connectivity index (χ4v) is 3.23. The maximum absolute atomic E-state index is 13.5. The van der Waals surface area contributed by atoms with Gasteiger partial charge >= 0.3 is 0 Å². The van der Waals surface area contributed by atoms with Crippen LogP contribution in [0.15, 0.2) is 24.3 Å². The second-order valence-corrected chi connectivity index (χ2v) is 6.73. The summed E-state index contributed by atoms with van der Waals surface area (Å²) < 4.78 is 15.3. The largest absolute Gasteiger partial charge is 0.336 e. The van der Waals surface area contributed by atoms with Gasteiger partial charge < -0.3 is 4.90 Å². The molecule has 1 saturated heterocycles. The predicted octanol–water partition coefficient (Wildman–Crippen LogP) is 4.64. The molecule has 2 heterocycles. The van der Waals surface area contributed by atoms with Crippen LogP contribution in [0.5, 0.6) is 0 Å². The summed E-state index contributed by atoms with van der Waals surface area (Å²) >= 11 is 0. The number of carbonyl (C=O) groups is 1. The Hall–Kier alpha value is -1.64. The number of likely N-dealkylation sites (tertiary alicyclic amines) is 1. The molecule has 6 heteroatoms. The van der Waals surface area contributed by atoms with Crippen molar-refractivity contribution in [3.63, 3.8) is 0 Å². The number of hydrogen-bond donors (Lipinski definition) is 0. The van der Waals surface area contributed by atoms with Crippen molar-refractivity contribution in [2.45, 2.75) is 66.0 Å². The van der Waals surface area contributed by atoms with Gasteiger partial charge in [0.15, 0.2) is 0 Å². The van der Waals surface area contributed by atoms with Crippen molar-refractivity contribution in [2.75, 3.05) is 6.54 Å². The van der Waals surface area contributed by atoms with E-state index in [0.29, 0.717) is 12.5 Å². The molecule has 1 aromatic heterocycles. The van der Waals surface area contributed by atoms with E-state index in [9.17, 15) is 9.18 Å². The standard InChI is InChI=1S/C19H23FN3O.C2H6.Cr/c1-13(2)17-10-14(3)23(21-17)12-19(24)22-9-5-8-18(22)15-6-4-7-16(20)11-15;1-2;/h4,7,10-11,13,18H,5,8-9,12H2,1-3H3;1-2H3;/q-1;;/t18-;;/m0../s1.